The highest BCUT2D eigenvalue weighted by Crippen LogP contribution is 2.34. The molecule has 3 aromatic heterocycles. The fourth-order valence-electron chi connectivity index (χ4n) is 2.99. The van der Waals surface area contributed by atoms with E-state index in [9.17, 15) is 15.2 Å². The third kappa shape index (κ3) is 3.23. The molecule has 1 N–H and O–H groups in total. The first-order valence-electron chi connectivity index (χ1n) is 8.65. The van der Waals surface area contributed by atoms with Gasteiger partial charge in [-0.3, -0.25) is 20.1 Å². The van der Waals surface area contributed by atoms with E-state index in [1.807, 2.05) is 18.2 Å². The van der Waals surface area contributed by atoms with Gasteiger partial charge < -0.3 is 9.52 Å². The van der Waals surface area contributed by atoms with Crippen LogP contribution in [0.3, 0.4) is 0 Å². The molecule has 0 saturated heterocycles. The number of hydrogen-bond acceptors (Lipinski definition) is 6. The van der Waals surface area contributed by atoms with Crippen molar-refractivity contribution >= 4 is 16.8 Å². The van der Waals surface area contributed by atoms with Gasteiger partial charge in [0.05, 0.1) is 10.6 Å². The van der Waals surface area contributed by atoms with E-state index in [2.05, 4.69) is 9.97 Å². The summed E-state index contributed by atoms with van der Waals surface area (Å²) in [5.41, 5.74) is 3.19. The van der Waals surface area contributed by atoms with Crippen LogP contribution in [0.1, 0.15) is 19.5 Å². The number of fused-ring (bicyclic) bond motifs is 1. The smallest absolute Gasteiger partial charge is 0.269 e. The van der Waals surface area contributed by atoms with E-state index in [1.165, 1.54) is 12.1 Å². The molecule has 0 aliphatic carbocycles. The summed E-state index contributed by atoms with van der Waals surface area (Å²) in [6.07, 6.45) is 3.34. The molecule has 0 atom stereocenters. The quantitative estimate of drug-likeness (QED) is 0.410. The Balaban J connectivity index is 1.81. The van der Waals surface area contributed by atoms with Crippen LogP contribution in [-0.4, -0.2) is 20.0 Å². The molecule has 1 aromatic carbocycles. The summed E-state index contributed by atoms with van der Waals surface area (Å²) in [7, 11) is 0. The Kier molecular flexibility index (Phi) is 4.16. The molecular weight excluding hydrogens is 358 g/mol. The standard InChI is InChI=1S/C21H17N3O4/c1-21(2,25)19-11-14(7-9-23-19)16-8-10-22-17-12-18(28-20(16)17)13-3-5-15(6-4-13)24(26)27/h3-12,25H,1-2H3. The Morgan fingerprint density at radius 2 is 1.71 bits per heavy atom. The molecule has 4 aromatic rings. The fourth-order valence-corrected chi connectivity index (χ4v) is 2.99. The molecule has 7 heteroatoms. The number of furan rings is 1. The Bertz CT molecular complexity index is 1170. The Labute approximate surface area is 160 Å². The molecule has 0 fully saturated rings. The van der Waals surface area contributed by atoms with Gasteiger partial charge in [-0.2, -0.15) is 0 Å². The maximum atomic E-state index is 10.8. The first-order chi connectivity index (χ1) is 13.3. The van der Waals surface area contributed by atoms with Crippen LogP contribution in [-0.2, 0) is 5.60 Å². The summed E-state index contributed by atoms with van der Waals surface area (Å²) < 4.78 is 6.05. The van der Waals surface area contributed by atoms with Gasteiger partial charge in [-0.1, -0.05) is 0 Å². The molecule has 7 nitrogen and oxygen atoms in total. The molecule has 0 saturated carbocycles. The highest BCUT2D eigenvalue weighted by atomic mass is 16.6. The van der Waals surface area contributed by atoms with Crippen molar-refractivity contribution in [3.8, 4) is 22.5 Å². The Morgan fingerprint density at radius 3 is 2.39 bits per heavy atom. The number of aromatic nitrogens is 2. The van der Waals surface area contributed by atoms with Crippen molar-refractivity contribution in [3.63, 3.8) is 0 Å². The molecule has 0 radical (unpaired) electrons. The Hall–Kier alpha value is -3.58. The summed E-state index contributed by atoms with van der Waals surface area (Å²) >= 11 is 0. The van der Waals surface area contributed by atoms with Gasteiger partial charge in [-0.25, -0.2) is 0 Å². The van der Waals surface area contributed by atoms with Crippen LogP contribution in [0.5, 0.6) is 0 Å². The number of aliphatic hydroxyl groups is 1. The number of rotatable bonds is 4. The molecule has 0 spiro atoms. The lowest BCUT2D eigenvalue weighted by Gasteiger charge is -2.17. The van der Waals surface area contributed by atoms with Crippen LogP contribution >= 0.6 is 0 Å². The summed E-state index contributed by atoms with van der Waals surface area (Å²) in [6.45, 7) is 3.36. The molecule has 0 bridgehead atoms. The number of hydrogen-bond donors (Lipinski definition) is 1. The highest BCUT2D eigenvalue weighted by molar-refractivity contribution is 5.92. The van der Waals surface area contributed by atoms with E-state index in [4.69, 9.17) is 4.42 Å². The minimum absolute atomic E-state index is 0.0228. The molecule has 0 aliphatic heterocycles. The SMILES string of the molecule is CC(C)(O)c1cc(-c2ccnc3cc(-c4ccc([N+](=O)[O-])cc4)oc23)ccn1. The van der Waals surface area contributed by atoms with Gasteiger partial charge in [0.25, 0.3) is 5.69 Å². The van der Waals surface area contributed by atoms with Crippen LogP contribution in [0.4, 0.5) is 5.69 Å². The van der Waals surface area contributed by atoms with E-state index < -0.39 is 10.5 Å². The van der Waals surface area contributed by atoms with E-state index in [1.54, 1.807) is 44.4 Å². The maximum absolute atomic E-state index is 10.8. The largest absolute Gasteiger partial charge is 0.454 e. The van der Waals surface area contributed by atoms with E-state index >= 15 is 0 Å². The van der Waals surface area contributed by atoms with E-state index in [0.29, 0.717) is 22.6 Å². The van der Waals surface area contributed by atoms with Crippen molar-refractivity contribution in [2.45, 2.75) is 19.4 Å². The number of nitro benzene ring substituents is 1. The number of non-ortho nitro benzene ring substituents is 1. The number of benzene rings is 1. The van der Waals surface area contributed by atoms with Crippen molar-refractivity contribution < 1.29 is 14.4 Å². The van der Waals surface area contributed by atoms with E-state index in [0.717, 1.165) is 16.7 Å². The highest BCUT2D eigenvalue weighted by Gasteiger charge is 2.19. The van der Waals surface area contributed by atoms with Crippen LogP contribution in [0.2, 0.25) is 0 Å². The van der Waals surface area contributed by atoms with Crippen LogP contribution in [0.15, 0.2) is 65.3 Å². The normalized spacial score (nSPS) is 11.7. The minimum Gasteiger partial charge on any atom is -0.454 e. The average Bonchev–Trinajstić information content (AvgIpc) is 3.12. The zero-order valence-corrected chi connectivity index (χ0v) is 15.3. The first kappa shape index (κ1) is 17.8. The van der Waals surface area contributed by atoms with Crippen molar-refractivity contribution in [1.82, 2.24) is 9.97 Å². The second-order valence-electron chi connectivity index (χ2n) is 6.98. The zero-order chi connectivity index (χ0) is 19.9. The molecular formula is C21H17N3O4. The molecule has 28 heavy (non-hydrogen) atoms. The van der Waals surface area contributed by atoms with Gasteiger partial charge in [-0.05, 0) is 49.7 Å². The molecule has 0 unspecified atom stereocenters. The monoisotopic (exact) mass is 375 g/mol. The summed E-state index contributed by atoms with van der Waals surface area (Å²) in [6, 6.07) is 13.5. The fraction of sp³-hybridized carbons (Fsp3) is 0.143. The van der Waals surface area contributed by atoms with Crippen LogP contribution in [0.25, 0.3) is 33.6 Å². The second-order valence-corrected chi connectivity index (χ2v) is 6.98. The molecule has 4 rings (SSSR count). The van der Waals surface area contributed by atoms with Gasteiger partial charge in [0.2, 0.25) is 0 Å². The van der Waals surface area contributed by atoms with Crippen LogP contribution in [0, 0.1) is 10.1 Å². The number of nitrogens with zero attached hydrogens (tertiary/aromatic N) is 3. The third-order valence-corrected chi connectivity index (χ3v) is 4.47. The summed E-state index contributed by atoms with van der Waals surface area (Å²) in [5.74, 6) is 0.571. The lowest BCUT2D eigenvalue weighted by molar-refractivity contribution is -0.384. The Morgan fingerprint density at radius 1 is 1.00 bits per heavy atom. The average molecular weight is 375 g/mol. The predicted molar refractivity (Wildman–Crippen MR) is 105 cm³/mol. The lowest BCUT2D eigenvalue weighted by atomic mass is 10.00. The van der Waals surface area contributed by atoms with Gasteiger partial charge in [0.15, 0.2) is 5.58 Å². The second kappa shape index (κ2) is 6.54. The van der Waals surface area contributed by atoms with Gasteiger partial charge in [0.1, 0.15) is 16.9 Å². The number of nitro groups is 1. The van der Waals surface area contributed by atoms with E-state index in [-0.39, 0.29) is 5.69 Å². The van der Waals surface area contributed by atoms with Gasteiger partial charge >= 0.3 is 0 Å². The summed E-state index contributed by atoms with van der Waals surface area (Å²) in [5, 5.41) is 21.1. The molecule has 0 aliphatic rings. The minimum atomic E-state index is -1.06. The number of pyridine rings is 2. The van der Waals surface area contributed by atoms with Crippen molar-refractivity contribution in [2.24, 2.45) is 0 Å². The van der Waals surface area contributed by atoms with Crippen LogP contribution < -0.4 is 0 Å². The predicted octanol–water partition coefficient (Wildman–Crippen LogP) is 4.69. The summed E-state index contributed by atoms with van der Waals surface area (Å²) in [4.78, 5) is 19.0. The van der Waals surface area contributed by atoms with Gasteiger partial charge in [-0.15, -0.1) is 0 Å². The van der Waals surface area contributed by atoms with Gasteiger partial charge in [0, 0.05) is 41.7 Å². The van der Waals surface area contributed by atoms with Crippen molar-refractivity contribution in [2.75, 3.05) is 0 Å². The molecule has 140 valence electrons. The van der Waals surface area contributed by atoms with Crippen molar-refractivity contribution in [1.29, 1.82) is 0 Å². The first-order valence-corrected chi connectivity index (χ1v) is 8.65. The topological polar surface area (TPSA) is 102 Å². The third-order valence-electron chi connectivity index (χ3n) is 4.47. The lowest BCUT2D eigenvalue weighted by Crippen LogP contribution is -2.17. The van der Waals surface area contributed by atoms with Crippen molar-refractivity contribution in [3.05, 3.63) is 76.7 Å². The molecule has 3 heterocycles. The maximum Gasteiger partial charge on any atom is 0.269 e. The zero-order valence-electron chi connectivity index (χ0n) is 15.3. The molecule has 0 amide bonds.